The second kappa shape index (κ2) is 9.88. The van der Waals surface area contributed by atoms with Crippen LogP contribution in [-0.4, -0.2) is 61.4 Å². The van der Waals surface area contributed by atoms with Crippen molar-refractivity contribution in [3.05, 3.63) is 29.6 Å². The van der Waals surface area contributed by atoms with Crippen LogP contribution in [-0.2, 0) is 20.5 Å². The lowest BCUT2D eigenvalue weighted by Crippen LogP contribution is -2.57. The molecule has 8 nitrogen and oxygen atoms in total. The van der Waals surface area contributed by atoms with E-state index in [4.69, 9.17) is 9.94 Å². The summed E-state index contributed by atoms with van der Waals surface area (Å²) < 4.78 is 19.3. The van der Waals surface area contributed by atoms with Crippen LogP contribution >= 0.6 is 0 Å². The van der Waals surface area contributed by atoms with Crippen molar-refractivity contribution < 1.29 is 23.7 Å². The van der Waals surface area contributed by atoms with Crippen molar-refractivity contribution in [1.29, 1.82) is 0 Å². The fourth-order valence-electron chi connectivity index (χ4n) is 4.03. The molecule has 1 aromatic rings. The number of pyridine rings is 1. The summed E-state index contributed by atoms with van der Waals surface area (Å²) in [6.07, 6.45) is 5.18. The maximum atomic E-state index is 13.3. The van der Waals surface area contributed by atoms with Gasteiger partial charge in [0.1, 0.15) is 15.7 Å². The third-order valence-electron chi connectivity index (χ3n) is 5.84. The summed E-state index contributed by atoms with van der Waals surface area (Å²) in [5.41, 5.74) is 3.29. The third kappa shape index (κ3) is 4.74. The van der Waals surface area contributed by atoms with Crippen LogP contribution in [0.5, 0.6) is 0 Å². The van der Waals surface area contributed by atoms with Crippen molar-refractivity contribution >= 4 is 22.7 Å². The highest BCUT2D eigenvalue weighted by atomic mass is 32.2. The SMILES string of the molecule is CCCC(=O)c1ccc(C2CCN(S(=O)C3(C(=O)NO)CCOCC3)CC2)nc1. The summed E-state index contributed by atoms with van der Waals surface area (Å²) in [5, 5.41) is 9.16. The number of ketones is 1. The Morgan fingerprint density at radius 3 is 2.55 bits per heavy atom. The van der Waals surface area contributed by atoms with Crippen LogP contribution in [0.25, 0.3) is 0 Å². The number of ether oxygens (including phenoxy) is 1. The van der Waals surface area contributed by atoms with Crippen molar-refractivity contribution in [2.75, 3.05) is 26.3 Å². The lowest BCUT2D eigenvalue weighted by molar-refractivity contribution is -0.134. The normalized spacial score (nSPS) is 21.4. The molecule has 160 valence electrons. The van der Waals surface area contributed by atoms with E-state index < -0.39 is 21.6 Å². The first-order valence-corrected chi connectivity index (χ1v) is 11.3. The van der Waals surface area contributed by atoms with E-state index in [1.165, 1.54) is 0 Å². The molecule has 1 amide bonds. The summed E-state index contributed by atoms with van der Waals surface area (Å²) >= 11 is 0. The van der Waals surface area contributed by atoms with Gasteiger partial charge in [0.15, 0.2) is 5.78 Å². The Morgan fingerprint density at radius 1 is 1.31 bits per heavy atom. The highest BCUT2D eigenvalue weighted by molar-refractivity contribution is 7.85. The lowest BCUT2D eigenvalue weighted by atomic mass is 9.93. The molecule has 1 unspecified atom stereocenters. The van der Waals surface area contributed by atoms with Gasteiger partial charge in [-0.25, -0.2) is 14.0 Å². The average Bonchev–Trinajstić information content (AvgIpc) is 2.79. The fraction of sp³-hybridized carbons (Fsp3) is 0.650. The number of nitrogens with zero attached hydrogens (tertiary/aromatic N) is 2. The summed E-state index contributed by atoms with van der Waals surface area (Å²) in [6, 6.07) is 3.76. The summed E-state index contributed by atoms with van der Waals surface area (Å²) in [5.74, 6) is -0.258. The second-order valence-corrected chi connectivity index (χ2v) is 9.44. The molecule has 29 heavy (non-hydrogen) atoms. The van der Waals surface area contributed by atoms with E-state index >= 15 is 0 Å². The molecule has 0 spiro atoms. The largest absolute Gasteiger partial charge is 0.381 e. The molecule has 1 aromatic heterocycles. The molecule has 0 bridgehead atoms. The number of hydroxylamine groups is 1. The Bertz CT molecular complexity index is 741. The Kier molecular flexibility index (Phi) is 7.50. The van der Waals surface area contributed by atoms with E-state index in [1.807, 2.05) is 23.4 Å². The van der Waals surface area contributed by atoms with Gasteiger partial charge in [-0.15, -0.1) is 0 Å². The van der Waals surface area contributed by atoms with Crippen molar-refractivity contribution in [2.45, 2.75) is 56.1 Å². The van der Waals surface area contributed by atoms with Gasteiger partial charge in [-0.1, -0.05) is 6.92 Å². The van der Waals surface area contributed by atoms with Gasteiger partial charge in [0.05, 0.1) is 0 Å². The van der Waals surface area contributed by atoms with Crippen molar-refractivity contribution in [3.63, 3.8) is 0 Å². The van der Waals surface area contributed by atoms with E-state index in [0.29, 0.717) is 51.1 Å². The minimum Gasteiger partial charge on any atom is -0.381 e. The molecule has 0 saturated carbocycles. The molecule has 0 aliphatic carbocycles. The quantitative estimate of drug-likeness (QED) is 0.394. The minimum atomic E-state index is -1.55. The first kappa shape index (κ1) is 22.0. The van der Waals surface area contributed by atoms with Crippen LogP contribution in [0.4, 0.5) is 0 Å². The van der Waals surface area contributed by atoms with E-state index in [1.54, 1.807) is 11.7 Å². The molecule has 2 fully saturated rings. The first-order valence-electron chi connectivity index (χ1n) is 10.2. The number of carbonyl (C=O) groups is 2. The second-order valence-electron chi connectivity index (χ2n) is 7.64. The van der Waals surface area contributed by atoms with Gasteiger partial charge >= 0.3 is 0 Å². The number of amides is 1. The van der Waals surface area contributed by atoms with Crippen molar-refractivity contribution in [2.24, 2.45) is 0 Å². The number of carbonyl (C=O) groups excluding carboxylic acids is 2. The number of aromatic nitrogens is 1. The average molecular weight is 424 g/mol. The fourth-order valence-corrected chi connectivity index (χ4v) is 5.79. The molecule has 2 saturated heterocycles. The first-order chi connectivity index (χ1) is 14.0. The zero-order valence-corrected chi connectivity index (χ0v) is 17.6. The third-order valence-corrected chi connectivity index (χ3v) is 7.94. The van der Waals surface area contributed by atoms with Crippen LogP contribution in [0, 0.1) is 0 Å². The summed E-state index contributed by atoms with van der Waals surface area (Å²) in [6.45, 7) is 3.84. The predicted octanol–water partition coefficient (Wildman–Crippen LogP) is 1.96. The van der Waals surface area contributed by atoms with Gasteiger partial charge in [0, 0.05) is 56.1 Å². The van der Waals surface area contributed by atoms with E-state index in [0.717, 1.165) is 25.0 Å². The van der Waals surface area contributed by atoms with Crippen molar-refractivity contribution in [3.8, 4) is 0 Å². The molecular formula is C20H29N3O5S. The zero-order valence-electron chi connectivity index (χ0n) is 16.8. The molecule has 3 heterocycles. The van der Waals surface area contributed by atoms with Gasteiger partial charge in [0.25, 0.3) is 5.91 Å². The molecule has 2 aliphatic heterocycles. The lowest BCUT2D eigenvalue weighted by Gasteiger charge is -2.40. The van der Waals surface area contributed by atoms with Crippen LogP contribution < -0.4 is 5.48 Å². The smallest absolute Gasteiger partial charge is 0.263 e. The summed E-state index contributed by atoms with van der Waals surface area (Å²) in [4.78, 5) is 28.8. The van der Waals surface area contributed by atoms with Crippen LogP contribution in [0.1, 0.15) is 67.4 Å². The van der Waals surface area contributed by atoms with Crippen LogP contribution in [0.2, 0.25) is 0 Å². The van der Waals surface area contributed by atoms with Crippen molar-refractivity contribution in [1.82, 2.24) is 14.8 Å². The predicted molar refractivity (Wildman–Crippen MR) is 108 cm³/mol. The molecule has 0 aromatic carbocycles. The Hall–Kier alpha value is -1.68. The maximum absolute atomic E-state index is 13.3. The van der Waals surface area contributed by atoms with E-state index in [-0.39, 0.29) is 11.7 Å². The molecule has 2 aliphatic rings. The number of rotatable bonds is 7. The maximum Gasteiger partial charge on any atom is 0.263 e. The Balaban J connectivity index is 1.63. The minimum absolute atomic E-state index is 0.112. The molecule has 0 radical (unpaired) electrons. The van der Waals surface area contributed by atoms with Gasteiger partial charge < -0.3 is 4.74 Å². The van der Waals surface area contributed by atoms with Gasteiger partial charge in [-0.2, -0.15) is 0 Å². The number of hydrogen-bond acceptors (Lipinski definition) is 6. The molecule has 1 atom stereocenters. The highest BCUT2D eigenvalue weighted by Gasteiger charge is 2.48. The number of piperidine rings is 1. The highest BCUT2D eigenvalue weighted by Crippen LogP contribution is 2.34. The number of hydrogen-bond donors (Lipinski definition) is 2. The zero-order chi connectivity index (χ0) is 20.9. The molecule has 9 heteroatoms. The van der Waals surface area contributed by atoms with Gasteiger partial charge in [-0.05, 0) is 44.2 Å². The van der Waals surface area contributed by atoms with Gasteiger partial charge in [0.2, 0.25) is 0 Å². The molecular weight excluding hydrogens is 394 g/mol. The standard InChI is InChI=1S/C20H29N3O5S/c1-2-3-18(24)16-4-5-17(21-14-16)15-6-10-23(11-7-15)29(27)20(19(25)22-26)8-12-28-13-9-20/h4-5,14-15,26H,2-3,6-13H2,1H3,(H,22,25). The molecule has 2 N–H and O–H groups in total. The van der Waals surface area contributed by atoms with Crippen LogP contribution in [0.3, 0.4) is 0 Å². The Morgan fingerprint density at radius 2 is 2.00 bits per heavy atom. The Labute approximate surface area is 173 Å². The van der Waals surface area contributed by atoms with E-state index in [2.05, 4.69) is 4.98 Å². The number of nitrogens with one attached hydrogen (secondary N) is 1. The summed E-state index contributed by atoms with van der Waals surface area (Å²) in [7, 11) is -1.55. The molecule has 3 rings (SSSR count). The topological polar surface area (TPSA) is 109 Å². The van der Waals surface area contributed by atoms with Gasteiger partial charge in [-0.3, -0.25) is 19.8 Å². The number of Topliss-reactive ketones (excluding diaryl/α,β-unsaturated/α-hetero) is 1. The monoisotopic (exact) mass is 423 g/mol. The van der Waals surface area contributed by atoms with E-state index in [9.17, 15) is 13.8 Å². The van der Waals surface area contributed by atoms with Crippen LogP contribution in [0.15, 0.2) is 18.3 Å².